The average molecular weight is 349 g/mol. The molecular formula is C17H21F2N5O. The van der Waals surface area contributed by atoms with Gasteiger partial charge in [0.05, 0.1) is 17.9 Å². The molecule has 3 rings (SSSR count). The largest absolute Gasteiger partial charge is 0.365 e. The van der Waals surface area contributed by atoms with Crippen molar-refractivity contribution >= 4 is 17.4 Å². The zero-order chi connectivity index (χ0) is 18.0. The molecule has 25 heavy (non-hydrogen) atoms. The normalized spacial score (nSPS) is 20.6. The summed E-state index contributed by atoms with van der Waals surface area (Å²) in [5.41, 5.74) is 5.90. The number of carbonyl (C=O) groups is 1. The summed E-state index contributed by atoms with van der Waals surface area (Å²) in [6.07, 6.45) is 4.79. The predicted octanol–water partition coefficient (Wildman–Crippen LogP) is 3.81. The second-order valence-corrected chi connectivity index (χ2v) is 6.46. The van der Waals surface area contributed by atoms with Gasteiger partial charge in [-0.15, -0.1) is 0 Å². The number of primary amides is 1. The van der Waals surface area contributed by atoms with Crippen LogP contribution in [0.25, 0.3) is 0 Å². The van der Waals surface area contributed by atoms with Gasteiger partial charge in [0.1, 0.15) is 11.3 Å². The Morgan fingerprint density at radius 1 is 1.36 bits per heavy atom. The standard InChI is InChI=1S/C17H21F2N5O/c1-10-4-2-3-5-14(10)24-9-12(16(20)25)17(23-24)22-11-6-7-13(15(18)19)21-8-11/h6-10,14-15H,2-5H2,1H3,(H2,20,25)(H,22,23). The van der Waals surface area contributed by atoms with Crippen molar-refractivity contribution in [2.75, 3.05) is 5.32 Å². The fraction of sp³-hybridized carbons (Fsp3) is 0.471. The molecule has 0 radical (unpaired) electrons. The molecule has 8 heteroatoms. The molecule has 2 aromatic rings. The third-order valence-corrected chi connectivity index (χ3v) is 4.68. The number of hydrogen-bond acceptors (Lipinski definition) is 4. The van der Waals surface area contributed by atoms with E-state index in [1.165, 1.54) is 24.8 Å². The highest BCUT2D eigenvalue weighted by atomic mass is 19.3. The lowest BCUT2D eigenvalue weighted by Gasteiger charge is -2.28. The number of nitrogens with two attached hydrogens (primary N) is 1. The Morgan fingerprint density at radius 2 is 2.12 bits per heavy atom. The Bertz CT molecular complexity index is 744. The maximum atomic E-state index is 12.6. The van der Waals surface area contributed by atoms with Gasteiger partial charge in [-0.25, -0.2) is 8.78 Å². The number of alkyl halides is 2. The first-order chi connectivity index (χ1) is 12.0. The number of carbonyl (C=O) groups excluding carboxylic acids is 1. The molecule has 2 unspecified atom stereocenters. The van der Waals surface area contributed by atoms with Crippen molar-refractivity contribution in [2.45, 2.75) is 45.1 Å². The van der Waals surface area contributed by atoms with Gasteiger partial charge in [-0.3, -0.25) is 14.5 Å². The highest BCUT2D eigenvalue weighted by Gasteiger charge is 2.26. The first-order valence-electron chi connectivity index (χ1n) is 8.35. The van der Waals surface area contributed by atoms with E-state index in [2.05, 4.69) is 22.3 Å². The highest BCUT2D eigenvalue weighted by Crippen LogP contribution is 2.34. The fourth-order valence-electron chi connectivity index (χ4n) is 3.27. The summed E-state index contributed by atoms with van der Waals surface area (Å²) in [6.45, 7) is 2.18. The van der Waals surface area contributed by atoms with Gasteiger partial charge in [0, 0.05) is 6.20 Å². The second-order valence-electron chi connectivity index (χ2n) is 6.46. The van der Waals surface area contributed by atoms with E-state index in [9.17, 15) is 13.6 Å². The first kappa shape index (κ1) is 17.3. The van der Waals surface area contributed by atoms with Crippen LogP contribution in [0.4, 0.5) is 20.3 Å². The molecule has 2 atom stereocenters. The first-order valence-corrected chi connectivity index (χ1v) is 8.35. The lowest BCUT2D eigenvalue weighted by atomic mass is 9.86. The maximum absolute atomic E-state index is 12.6. The van der Waals surface area contributed by atoms with Crippen molar-refractivity contribution in [3.05, 3.63) is 35.8 Å². The van der Waals surface area contributed by atoms with Crippen LogP contribution >= 0.6 is 0 Å². The van der Waals surface area contributed by atoms with Crippen molar-refractivity contribution in [1.29, 1.82) is 0 Å². The highest BCUT2D eigenvalue weighted by molar-refractivity contribution is 5.98. The van der Waals surface area contributed by atoms with E-state index in [0.29, 0.717) is 17.4 Å². The van der Waals surface area contributed by atoms with Crippen LogP contribution in [0.3, 0.4) is 0 Å². The lowest BCUT2D eigenvalue weighted by Crippen LogP contribution is -2.21. The quantitative estimate of drug-likeness (QED) is 0.859. The third-order valence-electron chi connectivity index (χ3n) is 4.68. The number of pyridine rings is 1. The van der Waals surface area contributed by atoms with Gasteiger partial charge in [-0.2, -0.15) is 5.10 Å². The number of hydrogen-bond donors (Lipinski definition) is 2. The van der Waals surface area contributed by atoms with E-state index < -0.39 is 12.3 Å². The van der Waals surface area contributed by atoms with Crippen LogP contribution in [0.5, 0.6) is 0 Å². The Morgan fingerprint density at radius 3 is 2.72 bits per heavy atom. The van der Waals surface area contributed by atoms with Gasteiger partial charge in [0.25, 0.3) is 12.3 Å². The minimum absolute atomic E-state index is 0.224. The molecule has 1 aliphatic rings. The van der Waals surface area contributed by atoms with Crippen LogP contribution in [-0.2, 0) is 0 Å². The molecule has 1 saturated carbocycles. The van der Waals surface area contributed by atoms with Crippen molar-refractivity contribution in [3.8, 4) is 0 Å². The van der Waals surface area contributed by atoms with Crippen molar-refractivity contribution in [2.24, 2.45) is 11.7 Å². The molecule has 0 aromatic carbocycles. The maximum Gasteiger partial charge on any atom is 0.280 e. The molecule has 134 valence electrons. The molecule has 3 N–H and O–H groups in total. The number of nitrogens with zero attached hydrogens (tertiary/aromatic N) is 3. The minimum Gasteiger partial charge on any atom is -0.365 e. The van der Waals surface area contributed by atoms with E-state index in [0.717, 1.165) is 19.3 Å². The van der Waals surface area contributed by atoms with Crippen molar-refractivity contribution in [3.63, 3.8) is 0 Å². The van der Waals surface area contributed by atoms with Crippen LogP contribution < -0.4 is 11.1 Å². The van der Waals surface area contributed by atoms with Gasteiger partial charge in [0.15, 0.2) is 5.82 Å². The summed E-state index contributed by atoms with van der Waals surface area (Å²) < 4.78 is 27.0. The average Bonchev–Trinajstić information content (AvgIpc) is 2.99. The topological polar surface area (TPSA) is 85.8 Å². The van der Waals surface area contributed by atoms with Gasteiger partial charge in [0.2, 0.25) is 0 Å². The van der Waals surface area contributed by atoms with Crippen molar-refractivity contribution < 1.29 is 13.6 Å². The van der Waals surface area contributed by atoms with Crippen LogP contribution in [0.1, 0.15) is 61.1 Å². The van der Waals surface area contributed by atoms with Gasteiger partial charge in [-0.05, 0) is 30.9 Å². The molecule has 1 aliphatic carbocycles. The summed E-state index contributed by atoms with van der Waals surface area (Å²) in [5.74, 6) is 0.195. The second kappa shape index (κ2) is 7.16. The predicted molar refractivity (Wildman–Crippen MR) is 89.9 cm³/mol. The van der Waals surface area contributed by atoms with Crippen LogP contribution in [0.15, 0.2) is 24.5 Å². The molecule has 0 aliphatic heterocycles. The van der Waals surface area contributed by atoms with E-state index in [1.807, 2.05) is 0 Å². The smallest absolute Gasteiger partial charge is 0.280 e. The molecule has 0 saturated heterocycles. The Labute approximate surface area is 144 Å². The third kappa shape index (κ3) is 3.78. The summed E-state index contributed by atoms with van der Waals surface area (Å²) in [7, 11) is 0. The molecule has 6 nitrogen and oxygen atoms in total. The molecular weight excluding hydrogens is 328 g/mol. The SMILES string of the molecule is CC1CCCCC1n1cc(C(N)=O)c(Nc2ccc(C(F)F)nc2)n1. The number of halogens is 2. The number of nitrogens with one attached hydrogen (secondary N) is 1. The minimum atomic E-state index is -2.62. The molecule has 0 spiro atoms. The fourth-order valence-corrected chi connectivity index (χ4v) is 3.27. The van der Waals surface area contributed by atoms with Gasteiger partial charge < -0.3 is 11.1 Å². The molecule has 2 aromatic heterocycles. The molecule has 1 fully saturated rings. The zero-order valence-corrected chi connectivity index (χ0v) is 14.0. The van der Waals surface area contributed by atoms with Crippen LogP contribution in [0, 0.1) is 5.92 Å². The van der Waals surface area contributed by atoms with E-state index in [-0.39, 0.29) is 17.3 Å². The summed E-state index contributed by atoms with van der Waals surface area (Å²) >= 11 is 0. The van der Waals surface area contributed by atoms with E-state index in [4.69, 9.17) is 5.73 Å². The number of aromatic nitrogens is 3. The summed E-state index contributed by atoms with van der Waals surface area (Å²) in [5, 5.41) is 7.44. The summed E-state index contributed by atoms with van der Waals surface area (Å²) in [6, 6.07) is 2.93. The van der Waals surface area contributed by atoms with Gasteiger partial charge >= 0.3 is 0 Å². The molecule has 0 bridgehead atoms. The Kier molecular flexibility index (Phi) is 4.96. The number of amides is 1. The summed E-state index contributed by atoms with van der Waals surface area (Å²) in [4.78, 5) is 15.4. The van der Waals surface area contributed by atoms with Crippen LogP contribution in [0.2, 0.25) is 0 Å². The van der Waals surface area contributed by atoms with Gasteiger partial charge in [-0.1, -0.05) is 19.8 Å². The molecule has 2 heterocycles. The lowest BCUT2D eigenvalue weighted by molar-refractivity contribution is 0.100. The van der Waals surface area contributed by atoms with E-state index >= 15 is 0 Å². The molecule has 1 amide bonds. The number of rotatable bonds is 5. The van der Waals surface area contributed by atoms with E-state index in [1.54, 1.807) is 10.9 Å². The Hall–Kier alpha value is -2.51. The monoisotopic (exact) mass is 349 g/mol. The van der Waals surface area contributed by atoms with Crippen LogP contribution in [-0.4, -0.2) is 20.7 Å². The van der Waals surface area contributed by atoms with Crippen molar-refractivity contribution in [1.82, 2.24) is 14.8 Å². The zero-order valence-electron chi connectivity index (χ0n) is 14.0. The Balaban J connectivity index is 1.85. The number of anilines is 2.